The molecule has 0 saturated heterocycles. The van der Waals surface area contributed by atoms with Crippen molar-refractivity contribution in [3.8, 4) is 0 Å². The first-order valence-corrected chi connectivity index (χ1v) is 2.99. The average Bonchev–Trinajstić information content (AvgIpc) is 1.64. The van der Waals surface area contributed by atoms with E-state index < -0.39 is 0 Å². The molecule has 0 bridgehead atoms. The van der Waals surface area contributed by atoms with Crippen LogP contribution in [0.2, 0.25) is 0 Å². The van der Waals surface area contributed by atoms with Crippen LogP contribution in [0.5, 0.6) is 0 Å². The zero-order valence-electron chi connectivity index (χ0n) is 6.06. The van der Waals surface area contributed by atoms with Gasteiger partial charge in [-0.1, -0.05) is 6.92 Å². The standard InChI is InChI=1S/C7H12O2/c1-4-7(5(2)8)6(3)9/h8H,4H2,1-3H3/b7-5+. The smallest absolute Gasteiger partial charge is 0.159 e. The summed E-state index contributed by atoms with van der Waals surface area (Å²) < 4.78 is 0. The number of aliphatic hydroxyl groups excluding tert-OH is 1. The Hall–Kier alpha value is -0.790. The lowest BCUT2D eigenvalue weighted by Gasteiger charge is -1.98. The Morgan fingerprint density at radius 2 is 1.89 bits per heavy atom. The molecule has 0 rings (SSSR count). The highest BCUT2D eigenvalue weighted by atomic mass is 16.3. The molecule has 0 atom stereocenters. The van der Waals surface area contributed by atoms with Gasteiger partial charge in [0.1, 0.15) is 0 Å². The van der Waals surface area contributed by atoms with Crippen LogP contribution in [0, 0.1) is 0 Å². The quantitative estimate of drug-likeness (QED) is 0.455. The topological polar surface area (TPSA) is 37.3 Å². The molecule has 0 fully saturated rings. The van der Waals surface area contributed by atoms with Gasteiger partial charge in [-0.05, 0) is 20.3 Å². The third kappa shape index (κ3) is 2.31. The van der Waals surface area contributed by atoms with Gasteiger partial charge >= 0.3 is 0 Å². The Kier molecular flexibility index (Phi) is 2.99. The highest BCUT2D eigenvalue weighted by Gasteiger charge is 2.03. The van der Waals surface area contributed by atoms with Crippen molar-refractivity contribution in [2.75, 3.05) is 0 Å². The second-order valence-corrected chi connectivity index (χ2v) is 1.97. The Labute approximate surface area is 55.2 Å². The van der Waals surface area contributed by atoms with Gasteiger partial charge in [-0.25, -0.2) is 0 Å². The van der Waals surface area contributed by atoms with Crippen LogP contribution in [0.15, 0.2) is 11.3 Å². The molecule has 0 aliphatic rings. The molecule has 0 aliphatic heterocycles. The third-order valence-corrected chi connectivity index (χ3v) is 1.22. The maximum absolute atomic E-state index is 10.6. The van der Waals surface area contributed by atoms with E-state index in [1.54, 1.807) is 0 Å². The van der Waals surface area contributed by atoms with Gasteiger partial charge in [0.2, 0.25) is 0 Å². The molecule has 52 valence electrons. The van der Waals surface area contributed by atoms with Crippen molar-refractivity contribution in [1.82, 2.24) is 0 Å². The van der Waals surface area contributed by atoms with Gasteiger partial charge in [0.25, 0.3) is 0 Å². The molecule has 1 N–H and O–H groups in total. The normalized spacial score (nSPS) is 12.8. The number of Topliss-reactive ketones (excluding diaryl/α,β-unsaturated/α-hetero) is 1. The van der Waals surface area contributed by atoms with Crippen LogP contribution in [0.25, 0.3) is 0 Å². The molecule has 0 aromatic rings. The minimum Gasteiger partial charge on any atom is -0.512 e. The zero-order chi connectivity index (χ0) is 7.44. The maximum atomic E-state index is 10.6. The number of aliphatic hydroxyl groups is 1. The number of carbonyl (C=O) groups is 1. The van der Waals surface area contributed by atoms with E-state index in [-0.39, 0.29) is 11.5 Å². The SMILES string of the molecule is CC/C(C(C)=O)=C(/C)O. The van der Waals surface area contributed by atoms with Crippen LogP contribution in [-0.2, 0) is 4.79 Å². The molecule has 0 heterocycles. The molecule has 2 nitrogen and oxygen atoms in total. The van der Waals surface area contributed by atoms with E-state index in [2.05, 4.69) is 0 Å². The summed E-state index contributed by atoms with van der Waals surface area (Å²) in [6.45, 7) is 4.83. The summed E-state index contributed by atoms with van der Waals surface area (Å²) >= 11 is 0. The van der Waals surface area contributed by atoms with Crippen molar-refractivity contribution in [3.63, 3.8) is 0 Å². The fraction of sp³-hybridized carbons (Fsp3) is 0.571. The molecule has 0 amide bonds. The molecule has 2 heteroatoms. The van der Waals surface area contributed by atoms with Gasteiger partial charge in [0, 0.05) is 5.57 Å². The van der Waals surface area contributed by atoms with Crippen molar-refractivity contribution in [3.05, 3.63) is 11.3 Å². The number of ketones is 1. The second-order valence-electron chi connectivity index (χ2n) is 1.97. The van der Waals surface area contributed by atoms with E-state index >= 15 is 0 Å². The predicted molar refractivity (Wildman–Crippen MR) is 36.3 cm³/mol. The lowest BCUT2D eigenvalue weighted by atomic mass is 10.1. The van der Waals surface area contributed by atoms with Gasteiger partial charge in [0.05, 0.1) is 5.76 Å². The Morgan fingerprint density at radius 3 is 1.89 bits per heavy atom. The summed E-state index contributed by atoms with van der Waals surface area (Å²) in [5, 5.41) is 8.84. The molecule has 0 aliphatic carbocycles. The zero-order valence-corrected chi connectivity index (χ0v) is 6.06. The summed E-state index contributed by atoms with van der Waals surface area (Å²) in [6.07, 6.45) is 0.609. The molecule has 0 spiro atoms. The summed E-state index contributed by atoms with van der Waals surface area (Å²) in [4.78, 5) is 10.6. The highest BCUT2D eigenvalue weighted by molar-refractivity contribution is 5.93. The largest absolute Gasteiger partial charge is 0.512 e. The minimum absolute atomic E-state index is 0.0440. The summed E-state index contributed by atoms with van der Waals surface area (Å²) in [7, 11) is 0. The summed E-state index contributed by atoms with van der Waals surface area (Å²) in [5.41, 5.74) is 0.523. The molecule has 0 unspecified atom stereocenters. The molecule has 0 radical (unpaired) electrons. The minimum atomic E-state index is -0.0440. The lowest BCUT2D eigenvalue weighted by Crippen LogP contribution is -1.97. The van der Waals surface area contributed by atoms with Gasteiger partial charge in [-0.2, -0.15) is 0 Å². The van der Waals surface area contributed by atoms with Gasteiger partial charge < -0.3 is 5.11 Å². The highest BCUT2D eigenvalue weighted by Crippen LogP contribution is 2.05. The van der Waals surface area contributed by atoms with Crippen molar-refractivity contribution < 1.29 is 9.90 Å². The number of rotatable bonds is 2. The third-order valence-electron chi connectivity index (χ3n) is 1.22. The maximum Gasteiger partial charge on any atom is 0.159 e. The summed E-state index contributed by atoms with van der Waals surface area (Å²) in [6, 6.07) is 0. The fourth-order valence-electron chi connectivity index (χ4n) is 0.760. The van der Waals surface area contributed by atoms with Crippen molar-refractivity contribution in [2.45, 2.75) is 27.2 Å². The number of hydrogen-bond acceptors (Lipinski definition) is 2. The average molecular weight is 128 g/mol. The van der Waals surface area contributed by atoms with Crippen LogP contribution in [0.3, 0.4) is 0 Å². The first-order valence-electron chi connectivity index (χ1n) is 2.99. The van der Waals surface area contributed by atoms with Gasteiger partial charge in [0.15, 0.2) is 5.78 Å². The Bertz CT molecular complexity index is 141. The van der Waals surface area contributed by atoms with Gasteiger partial charge in [-0.3, -0.25) is 4.79 Å². The first kappa shape index (κ1) is 8.21. The van der Waals surface area contributed by atoms with Crippen LogP contribution < -0.4 is 0 Å². The lowest BCUT2D eigenvalue weighted by molar-refractivity contribution is -0.113. The van der Waals surface area contributed by atoms with Crippen LogP contribution >= 0.6 is 0 Å². The predicted octanol–water partition coefficient (Wildman–Crippen LogP) is 1.82. The van der Waals surface area contributed by atoms with E-state index in [1.165, 1.54) is 13.8 Å². The van der Waals surface area contributed by atoms with Gasteiger partial charge in [-0.15, -0.1) is 0 Å². The van der Waals surface area contributed by atoms with E-state index in [1.807, 2.05) is 6.92 Å². The summed E-state index contributed by atoms with van der Waals surface area (Å²) in [5.74, 6) is 0.0995. The Morgan fingerprint density at radius 1 is 1.44 bits per heavy atom. The molecule has 0 aromatic carbocycles. The molecule has 0 saturated carbocycles. The van der Waals surface area contributed by atoms with E-state index in [9.17, 15) is 4.79 Å². The molecule has 0 aromatic heterocycles. The fourth-order valence-corrected chi connectivity index (χ4v) is 0.760. The van der Waals surface area contributed by atoms with Crippen molar-refractivity contribution in [2.24, 2.45) is 0 Å². The van der Waals surface area contributed by atoms with Crippen LogP contribution in [0.4, 0.5) is 0 Å². The van der Waals surface area contributed by atoms with Crippen LogP contribution in [0.1, 0.15) is 27.2 Å². The Balaban J connectivity index is 4.35. The number of allylic oxidation sites excluding steroid dienone is 2. The first-order chi connectivity index (χ1) is 4.09. The molecular formula is C7H12O2. The second kappa shape index (κ2) is 3.28. The van der Waals surface area contributed by atoms with Crippen LogP contribution in [-0.4, -0.2) is 10.9 Å². The van der Waals surface area contributed by atoms with E-state index in [4.69, 9.17) is 5.11 Å². The number of carbonyl (C=O) groups excluding carboxylic acids is 1. The van der Waals surface area contributed by atoms with E-state index in [0.29, 0.717) is 12.0 Å². The van der Waals surface area contributed by atoms with Crippen molar-refractivity contribution >= 4 is 5.78 Å². The monoisotopic (exact) mass is 128 g/mol. The van der Waals surface area contributed by atoms with E-state index in [0.717, 1.165) is 0 Å². The number of hydrogen-bond donors (Lipinski definition) is 1. The van der Waals surface area contributed by atoms with Crippen molar-refractivity contribution in [1.29, 1.82) is 0 Å². The molecular weight excluding hydrogens is 116 g/mol. The molecule has 9 heavy (non-hydrogen) atoms.